The molecule has 6 aliphatic carbocycles. The van der Waals surface area contributed by atoms with Crippen LogP contribution in [0.15, 0.2) is 348 Å². The Balaban J connectivity index is 0.000000109. The minimum atomic E-state index is -0.217. The minimum absolute atomic E-state index is 0.217. The van der Waals surface area contributed by atoms with E-state index in [2.05, 4.69) is 525 Å². The van der Waals surface area contributed by atoms with Gasteiger partial charge in [-0.25, -0.2) is 0 Å². The number of fused-ring (bicyclic) bond motifs is 26. The van der Waals surface area contributed by atoms with E-state index >= 15 is 0 Å². The van der Waals surface area contributed by atoms with Gasteiger partial charge in [0.1, 0.15) is 0 Å². The van der Waals surface area contributed by atoms with Gasteiger partial charge in [-0.2, -0.15) is 0 Å². The van der Waals surface area contributed by atoms with E-state index in [1.165, 1.54) is 347 Å². The van der Waals surface area contributed by atoms with E-state index in [-0.39, 0.29) is 5.41 Å². The van der Waals surface area contributed by atoms with E-state index in [0.717, 1.165) is 0 Å². The Labute approximate surface area is 888 Å². The van der Waals surface area contributed by atoms with Crippen molar-refractivity contribution in [3.05, 3.63) is 526 Å². The van der Waals surface area contributed by atoms with Crippen molar-refractivity contribution >= 4 is 108 Å². The van der Waals surface area contributed by atoms with Crippen LogP contribution in [0.25, 0.3) is 130 Å². The van der Waals surface area contributed by atoms with Crippen LogP contribution >= 0.6 is 0 Å². The lowest BCUT2D eigenvalue weighted by Gasteiger charge is -2.40. The van der Waals surface area contributed by atoms with Crippen molar-refractivity contribution in [1.82, 2.24) is 0 Å². The summed E-state index contributed by atoms with van der Waals surface area (Å²) in [5.74, 6) is 1.01. The van der Waals surface area contributed by atoms with Gasteiger partial charge in [0.15, 0.2) is 0 Å². The summed E-state index contributed by atoms with van der Waals surface area (Å²) in [4.78, 5) is 0. The van der Waals surface area contributed by atoms with Gasteiger partial charge in [0, 0.05) is 5.92 Å². The van der Waals surface area contributed by atoms with Crippen molar-refractivity contribution < 1.29 is 0 Å². The molecule has 744 valence electrons. The predicted octanol–water partition coefficient (Wildman–Crippen LogP) is 41.5. The SMILES string of the molecule is CC1=CC(C)=C2C=CC3=C4C(=CC=C1C24)C(C)C=C3C.Cc1cc(C)c(C)cc1C.Cc1ccc(C)c2c(C)ccc(C)c12.Cc1ccc2c(C)c(C)ccc2c1C.Cc1ccc2c(C)c3cc(C)ccc3c(C)c2c1.Cc1ccc2c(c1)C1(c3cc(C)ccc3-2)c2cc(C)ccc2-c2ccc(C)cc21.Cc1ccc2c(c1)c1cc(C)ccc1c1cc(C)c(C)cc21.Cc1ccc2c3ccc(C)cc3c3cc(C)c(C)cc3c2c1. The van der Waals surface area contributed by atoms with Crippen molar-refractivity contribution in [3.8, 4) is 22.3 Å². The Bertz CT molecular complexity index is 8610. The zero-order valence-corrected chi connectivity index (χ0v) is 94.5. The second-order valence-electron chi connectivity index (χ2n) is 45.2. The highest BCUT2D eigenvalue weighted by Crippen LogP contribution is 2.64. The third-order valence-electron chi connectivity index (χ3n) is 34.1. The highest BCUT2D eigenvalue weighted by Gasteiger charge is 2.52. The first kappa shape index (κ1) is 103. The van der Waals surface area contributed by atoms with Crippen molar-refractivity contribution in [2.24, 2.45) is 11.8 Å². The molecule has 0 aliphatic heterocycles. The summed E-state index contributed by atoms with van der Waals surface area (Å²) in [7, 11) is 0. The quantitative estimate of drug-likeness (QED) is 0.105. The molecule has 0 heteroatoms. The summed E-state index contributed by atoms with van der Waals surface area (Å²) in [6.45, 7) is 70.3. The molecule has 0 amide bonds. The standard InChI is InChI=1S/C29H24.2C22H20.C20H20.C18H18.2C14H16.C10H14/c1-17-5-9-21-22-10-6-18(2)14-26(22)29(25(21)13-17)27-15-19(3)7-11-23(27)24-12-8-20(4)16-28(24)29;1-13-5-7-17-19(9-13)20-10-14(2)6-8-18(20)22-12-16(4)15(3)11-21(17)22;1-13-5-7-17-18-8-6-14(2)10-20(18)22-12-16(4)15(3)11-21(22)19(17)9-13;1-11-9-12(2)16-7-8-18-14(4)10-13(3)17-6-5-15(11)19(16)20(17)18;1-11-5-7-15-14(4)18-10-12(2)6-8-16(18)13(3)17(15)9-11;1-9-5-7-14-12(4)10(2)6-8-13(14)11(9)3;1-9-5-6-11(3)14-12(4)8-7-10(2)13(9)14;1-7-5-9(3)10(4)6-8(7)2/h5-16H,1-4H3;2*5-12H,1-4H3;5-11,20H,1-4H3;5-10H,1-4H3;2*5-8H,1-4H3;5-6H,1-4H3. The summed E-state index contributed by atoms with van der Waals surface area (Å²) in [5.41, 5.74) is 61.0. The molecule has 149 heavy (non-hydrogen) atoms. The van der Waals surface area contributed by atoms with Crippen LogP contribution in [0.5, 0.6) is 0 Å². The fraction of sp³-hybridized carbons (Fsp3) is 0.235. The van der Waals surface area contributed by atoms with E-state index in [9.17, 15) is 0 Å². The van der Waals surface area contributed by atoms with Crippen molar-refractivity contribution in [2.45, 2.75) is 227 Å². The zero-order chi connectivity index (χ0) is 106. The molecular weight excluding hydrogens is 1790 g/mol. The molecule has 6 aliphatic rings. The van der Waals surface area contributed by atoms with E-state index in [1.807, 2.05) is 0 Å². The van der Waals surface area contributed by atoms with Crippen LogP contribution in [0.3, 0.4) is 0 Å². The average Bonchev–Trinajstić information content (AvgIpc) is 1.50. The molecular formula is C149H148. The molecule has 0 aromatic heterocycles. The Morgan fingerprint density at radius 3 is 0.772 bits per heavy atom. The lowest BCUT2D eigenvalue weighted by molar-refractivity contribution is 0.739. The number of allylic oxidation sites excluding steroid dienone is 14. The number of benzene rings is 20. The largest absolute Gasteiger partial charge is 0.0737 e. The van der Waals surface area contributed by atoms with Crippen molar-refractivity contribution in [1.29, 1.82) is 0 Å². The monoisotopic (exact) mass is 1940 g/mol. The maximum atomic E-state index is 2.42. The molecule has 0 fully saturated rings. The van der Waals surface area contributed by atoms with Gasteiger partial charge in [-0.3, -0.25) is 0 Å². The molecule has 20 aromatic rings. The maximum Gasteiger partial charge on any atom is 0.0725 e. The summed E-state index contributed by atoms with van der Waals surface area (Å²) >= 11 is 0. The maximum absolute atomic E-state index is 2.42. The van der Waals surface area contributed by atoms with Gasteiger partial charge in [0.05, 0.1) is 5.41 Å². The molecule has 0 saturated carbocycles. The first-order valence-corrected chi connectivity index (χ1v) is 54.0. The normalized spacial score (nSPS) is 14.4. The molecule has 26 rings (SSSR count). The summed E-state index contributed by atoms with van der Waals surface area (Å²) in [6.07, 6.45) is 14.1. The third kappa shape index (κ3) is 18.8. The first-order chi connectivity index (χ1) is 71.1. The topological polar surface area (TPSA) is 0 Å². The fourth-order valence-corrected chi connectivity index (χ4v) is 25.0. The molecule has 2 unspecified atom stereocenters. The van der Waals surface area contributed by atoms with Gasteiger partial charge in [0.25, 0.3) is 0 Å². The minimum Gasteiger partial charge on any atom is -0.0737 e. The Kier molecular flexibility index (Phi) is 28.1. The predicted molar refractivity (Wildman–Crippen MR) is 654 cm³/mol. The van der Waals surface area contributed by atoms with Crippen LogP contribution in [0.2, 0.25) is 0 Å². The molecule has 20 aromatic carbocycles. The molecule has 0 saturated heterocycles. The van der Waals surface area contributed by atoms with Gasteiger partial charge in [-0.1, -0.05) is 366 Å². The van der Waals surface area contributed by atoms with E-state index < -0.39 is 0 Å². The Morgan fingerprint density at radius 2 is 0.443 bits per heavy atom. The summed E-state index contributed by atoms with van der Waals surface area (Å²) in [6, 6.07) is 100. The van der Waals surface area contributed by atoms with Gasteiger partial charge < -0.3 is 0 Å². The van der Waals surface area contributed by atoms with Crippen molar-refractivity contribution in [2.75, 3.05) is 0 Å². The van der Waals surface area contributed by atoms with Gasteiger partial charge in [0.2, 0.25) is 0 Å². The van der Waals surface area contributed by atoms with Crippen LogP contribution in [0.1, 0.15) is 206 Å². The number of rotatable bonds is 0. The van der Waals surface area contributed by atoms with Crippen LogP contribution in [0.4, 0.5) is 0 Å². The Morgan fingerprint density at radius 1 is 0.195 bits per heavy atom. The van der Waals surface area contributed by atoms with Crippen molar-refractivity contribution in [3.63, 3.8) is 0 Å². The molecule has 0 bridgehead atoms. The second kappa shape index (κ2) is 40.7. The highest BCUT2D eigenvalue weighted by atomic mass is 14.5. The van der Waals surface area contributed by atoms with E-state index in [0.29, 0.717) is 11.8 Å². The summed E-state index contributed by atoms with van der Waals surface area (Å²) in [5, 5.41) is 27.6. The van der Waals surface area contributed by atoms with Crippen LogP contribution in [-0.2, 0) is 5.41 Å². The number of hydrogen-bond donors (Lipinski definition) is 0. The fourth-order valence-electron chi connectivity index (χ4n) is 25.0. The first-order valence-electron chi connectivity index (χ1n) is 54.0. The molecule has 0 radical (unpaired) electrons. The van der Waals surface area contributed by atoms with Gasteiger partial charge >= 0.3 is 0 Å². The second-order valence-corrected chi connectivity index (χ2v) is 45.2. The lowest BCUT2D eigenvalue weighted by Crippen LogP contribution is -2.26. The number of hydrogen-bond acceptors (Lipinski definition) is 0. The molecule has 0 nitrogen and oxygen atoms in total. The molecule has 2 atom stereocenters. The van der Waals surface area contributed by atoms with Gasteiger partial charge in [-0.05, 0) is 518 Å². The van der Waals surface area contributed by atoms with Crippen LogP contribution in [-0.4, -0.2) is 0 Å². The lowest BCUT2D eigenvalue weighted by atomic mass is 9.63. The molecule has 0 heterocycles. The Hall–Kier alpha value is -14.8. The van der Waals surface area contributed by atoms with Crippen LogP contribution < -0.4 is 0 Å². The number of aryl methyl sites for hydroxylation is 28. The van der Waals surface area contributed by atoms with Crippen LogP contribution in [0, 0.1) is 206 Å². The smallest absolute Gasteiger partial charge is 0.0725 e. The molecule has 0 N–H and O–H groups in total. The van der Waals surface area contributed by atoms with Gasteiger partial charge in [-0.15, -0.1) is 0 Å². The molecule has 1 spiro atoms. The highest BCUT2D eigenvalue weighted by molar-refractivity contribution is 6.27. The average molecular weight is 1940 g/mol. The van der Waals surface area contributed by atoms with E-state index in [4.69, 9.17) is 0 Å². The third-order valence-corrected chi connectivity index (χ3v) is 34.1. The van der Waals surface area contributed by atoms with E-state index in [1.54, 1.807) is 5.57 Å². The zero-order valence-electron chi connectivity index (χ0n) is 94.5. The summed E-state index contributed by atoms with van der Waals surface area (Å²) < 4.78 is 0.